The topological polar surface area (TPSA) is 43.8 Å². The molecule has 1 aromatic heterocycles. The van der Waals surface area contributed by atoms with Gasteiger partial charge in [-0.1, -0.05) is 0 Å². The SMILES string of the molecule is C#CCC(N)c1ccn(C)n1. The van der Waals surface area contributed by atoms with Gasteiger partial charge >= 0.3 is 0 Å². The molecule has 0 aliphatic carbocycles. The van der Waals surface area contributed by atoms with Crippen molar-refractivity contribution in [2.75, 3.05) is 0 Å². The van der Waals surface area contributed by atoms with Crippen LogP contribution in [0.1, 0.15) is 18.2 Å². The molecule has 11 heavy (non-hydrogen) atoms. The summed E-state index contributed by atoms with van der Waals surface area (Å²) in [5.74, 6) is 2.50. The second-order valence-corrected chi connectivity index (χ2v) is 2.43. The average Bonchev–Trinajstić information content (AvgIpc) is 2.36. The van der Waals surface area contributed by atoms with Crippen LogP contribution in [0.25, 0.3) is 0 Å². The van der Waals surface area contributed by atoms with Gasteiger partial charge in [0.2, 0.25) is 0 Å². The molecule has 1 atom stereocenters. The van der Waals surface area contributed by atoms with E-state index in [9.17, 15) is 0 Å². The van der Waals surface area contributed by atoms with Crippen LogP contribution in [0.4, 0.5) is 0 Å². The summed E-state index contributed by atoms with van der Waals surface area (Å²) >= 11 is 0. The smallest absolute Gasteiger partial charge is 0.0801 e. The second-order valence-electron chi connectivity index (χ2n) is 2.43. The maximum absolute atomic E-state index is 5.70. The van der Waals surface area contributed by atoms with Crippen LogP contribution in [0.3, 0.4) is 0 Å². The first-order chi connectivity index (χ1) is 5.24. The summed E-state index contributed by atoms with van der Waals surface area (Å²) in [5.41, 5.74) is 6.55. The minimum absolute atomic E-state index is 0.124. The van der Waals surface area contributed by atoms with Gasteiger partial charge in [0, 0.05) is 19.7 Å². The van der Waals surface area contributed by atoms with E-state index in [1.807, 2.05) is 19.3 Å². The zero-order valence-corrected chi connectivity index (χ0v) is 6.49. The Kier molecular flexibility index (Phi) is 2.29. The molecule has 1 unspecified atom stereocenters. The average molecular weight is 149 g/mol. The summed E-state index contributed by atoms with van der Waals surface area (Å²) in [5, 5.41) is 4.13. The number of hydrogen-bond acceptors (Lipinski definition) is 2. The molecule has 0 saturated carbocycles. The van der Waals surface area contributed by atoms with Crippen molar-refractivity contribution in [3.05, 3.63) is 18.0 Å². The predicted octanol–water partition coefficient (Wildman–Crippen LogP) is 0.443. The van der Waals surface area contributed by atoms with Crippen molar-refractivity contribution in [1.29, 1.82) is 0 Å². The van der Waals surface area contributed by atoms with E-state index >= 15 is 0 Å². The van der Waals surface area contributed by atoms with Crippen LogP contribution in [-0.2, 0) is 7.05 Å². The highest BCUT2D eigenvalue weighted by atomic mass is 15.3. The van der Waals surface area contributed by atoms with Gasteiger partial charge in [0.05, 0.1) is 11.7 Å². The zero-order valence-electron chi connectivity index (χ0n) is 6.49. The fraction of sp³-hybridized carbons (Fsp3) is 0.375. The van der Waals surface area contributed by atoms with Crippen LogP contribution in [-0.4, -0.2) is 9.78 Å². The van der Waals surface area contributed by atoms with Crippen LogP contribution in [0.5, 0.6) is 0 Å². The van der Waals surface area contributed by atoms with Crippen molar-refractivity contribution < 1.29 is 0 Å². The number of terminal acetylenes is 1. The van der Waals surface area contributed by atoms with Gasteiger partial charge in [0.25, 0.3) is 0 Å². The zero-order chi connectivity index (χ0) is 8.27. The van der Waals surface area contributed by atoms with Crippen molar-refractivity contribution in [3.8, 4) is 12.3 Å². The Balaban J connectivity index is 2.70. The summed E-state index contributed by atoms with van der Waals surface area (Å²) < 4.78 is 1.71. The molecule has 0 spiro atoms. The highest BCUT2D eigenvalue weighted by Gasteiger charge is 2.05. The molecule has 1 aromatic rings. The van der Waals surface area contributed by atoms with Gasteiger partial charge in [-0.15, -0.1) is 12.3 Å². The van der Waals surface area contributed by atoms with E-state index in [1.165, 1.54) is 0 Å². The summed E-state index contributed by atoms with van der Waals surface area (Å²) in [6.07, 6.45) is 7.50. The molecular formula is C8H11N3. The van der Waals surface area contributed by atoms with E-state index in [0.29, 0.717) is 6.42 Å². The molecule has 3 heteroatoms. The molecule has 0 amide bonds. The van der Waals surface area contributed by atoms with E-state index in [4.69, 9.17) is 12.2 Å². The number of aromatic nitrogens is 2. The van der Waals surface area contributed by atoms with Gasteiger partial charge in [0.1, 0.15) is 0 Å². The summed E-state index contributed by atoms with van der Waals surface area (Å²) in [6.45, 7) is 0. The van der Waals surface area contributed by atoms with Crippen LogP contribution in [0.2, 0.25) is 0 Å². The van der Waals surface area contributed by atoms with Gasteiger partial charge in [-0.05, 0) is 6.07 Å². The van der Waals surface area contributed by atoms with Crippen LogP contribution < -0.4 is 5.73 Å². The fourth-order valence-corrected chi connectivity index (χ4v) is 0.862. The lowest BCUT2D eigenvalue weighted by Crippen LogP contribution is -2.10. The Hall–Kier alpha value is -1.27. The predicted molar refractivity (Wildman–Crippen MR) is 43.6 cm³/mol. The monoisotopic (exact) mass is 149 g/mol. The second kappa shape index (κ2) is 3.22. The van der Waals surface area contributed by atoms with Crippen molar-refractivity contribution >= 4 is 0 Å². The Bertz CT molecular complexity index is 269. The van der Waals surface area contributed by atoms with Crippen molar-refractivity contribution in [2.24, 2.45) is 12.8 Å². The van der Waals surface area contributed by atoms with Gasteiger partial charge < -0.3 is 5.73 Å². The minimum atomic E-state index is -0.124. The van der Waals surface area contributed by atoms with E-state index in [2.05, 4.69) is 11.0 Å². The Morgan fingerprint density at radius 2 is 2.64 bits per heavy atom. The highest BCUT2D eigenvalue weighted by Crippen LogP contribution is 2.08. The molecule has 2 N–H and O–H groups in total. The molecule has 58 valence electrons. The highest BCUT2D eigenvalue weighted by molar-refractivity contribution is 5.07. The van der Waals surface area contributed by atoms with E-state index in [1.54, 1.807) is 4.68 Å². The minimum Gasteiger partial charge on any atom is -0.322 e. The number of hydrogen-bond donors (Lipinski definition) is 1. The normalized spacial score (nSPS) is 12.5. The third-order valence-electron chi connectivity index (χ3n) is 1.45. The molecule has 0 aliphatic rings. The molecule has 0 radical (unpaired) electrons. The molecule has 1 rings (SSSR count). The van der Waals surface area contributed by atoms with Crippen molar-refractivity contribution in [2.45, 2.75) is 12.5 Å². The molecule has 0 saturated heterocycles. The summed E-state index contributed by atoms with van der Waals surface area (Å²) in [7, 11) is 1.85. The third kappa shape index (κ3) is 1.82. The Labute approximate surface area is 66.2 Å². The molecule has 0 aliphatic heterocycles. The lowest BCUT2D eigenvalue weighted by molar-refractivity contribution is 0.673. The van der Waals surface area contributed by atoms with E-state index in [-0.39, 0.29) is 6.04 Å². The first-order valence-corrected chi connectivity index (χ1v) is 3.42. The Morgan fingerprint density at radius 1 is 1.91 bits per heavy atom. The largest absolute Gasteiger partial charge is 0.322 e. The molecule has 3 nitrogen and oxygen atoms in total. The van der Waals surface area contributed by atoms with Gasteiger partial charge in [0.15, 0.2) is 0 Å². The lowest BCUT2D eigenvalue weighted by Gasteiger charge is -2.01. The van der Waals surface area contributed by atoms with Crippen LogP contribution in [0.15, 0.2) is 12.3 Å². The van der Waals surface area contributed by atoms with Gasteiger partial charge in [-0.3, -0.25) is 4.68 Å². The maximum atomic E-state index is 5.70. The lowest BCUT2D eigenvalue weighted by atomic mass is 10.2. The first-order valence-electron chi connectivity index (χ1n) is 3.42. The van der Waals surface area contributed by atoms with E-state index < -0.39 is 0 Å². The molecule has 0 fully saturated rings. The quantitative estimate of drug-likeness (QED) is 0.620. The van der Waals surface area contributed by atoms with Crippen molar-refractivity contribution in [3.63, 3.8) is 0 Å². The van der Waals surface area contributed by atoms with Crippen LogP contribution >= 0.6 is 0 Å². The van der Waals surface area contributed by atoms with Crippen LogP contribution in [0, 0.1) is 12.3 Å². The number of nitrogens with two attached hydrogens (primary N) is 1. The third-order valence-corrected chi connectivity index (χ3v) is 1.45. The van der Waals surface area contributed by atoms with Crippen molar-refractivity contribution in [1.82, 2.24) is 9.78 Å². The first kappa shape index (κ1) is 7.83. The molecule has 1 heterocycles. The summed E-state index contributed by atoms with van der Waals surface area (Å²) in [6, 6.07) is 1.75. The number of nitrogens with zero attached hydrogens (tertiary/aromatic N) is 2. The molecular weight excluding hydrogens is 138 g/mol. The van der Waals surface area contributed by atoms with Gasteiger partial charge in [-0.2, -0.15) is 5.10 Å². The fourth-order valence-electron chi connectivity index (χ4n) is 0.862. The van der Waals surface area contributed by atoms with E-state index in [0.717, 1.165) is 5.69 Å². The summed E-state index contributed by atoms with van der Waals surface area (Å²) in [4.78, 5) is 0. The standard InChI is InChI=1S/C8H11N3/c1-3-4-7(9)8-5-6-11(2)10-8/h1,5-7H,4,9H2,2H3. The molecule has 0 bridgehead atoms. The maximum Gasteiger partial charge on any atom is 0.0801 e. The number of rotatable bonds is 2. The number of aryl methyl sites for hydroxylation is 1. The Morgan fingerprint density at radius 3 is 3.09 bits per heavy atom. The van der Waals surface area contributed by atoms with Gasteiger partial charge in [-0.25, -0.2) is 0 Å². The molecule has 0 aromatic carbocycles.